The monoisotopic (exact) mass is 406 g/mol. The van der Waals surface area contributed by atoms with E-state index in [1.165, 1.54) is 5.56 Å². The Labute approximate surface area is 173 Å². The molecular weight excluding hydrogens is 372 g/mol. The molecule has 1 aromatic rings. The molecule has 156 valence electrons. The quantitative estimate of drug-likeness (QED) is 0.446. The third-order valence-corrected chi connectivity index (χ3v) is 6.15. The number of nitrogens with one attached hydrogen (secondary N) is 1. The number of benzene rings is 1. The van der Waals surface area contributed by atoms with Crippen LogP contribution in [0.15, 0.2) is 24.3 Å². The first-order valence-corrected chi connectivity index (χ1v) is 11.5. The minimum absolute atomic E-state index is 0.0116. The lowest BCUT2D eigenvalue weighted by molar-refractivity contribution is -0.149. The molecule has 6 heteroatoms. The lowest BCUT2D eigenvalue weighted by Crippen LogP contribution is -2.48. The molecule has 1 aliphatic rings. The molecule has 28 heavy (non-hydrogen) atoms. The second kappa shape index (κ2) is 11.3. The number of thioether (sulfide) groups is 1. The van der Waals surface area contributed by atoms with Gasteiger partial charge in [0.1, 0.15) is 6.04 Å². The van der Waals surface area contributed by atoms with Gasteiger partial charge in [-0.1, -0.05) is 59.1 Å². The molecule has 0 bridgehead atoms. The van der Waals surface area contributed by atoms with Crippen LogP contribution < -0.4 is 5.32 Å². The van der Waals surface area contributed by atoms with E-state index >= 15 is 0 Å². The van der Waals surface area contributed by atoms with Gasteiger partial charge in [0, 0.05) is 11.4 Å². The van der Waals surface area contributed by atoms with Gasteiger partial charge in [0.05, 0.1) is 12.0 Å². The highest BCUT2D eigenvalue weighted by Crippen LogP contribution is 2.34. The van der Waals surface area contributed by atoms with Gasteiger partial charge in [-0.2, -0.15) is 0 Å². The van der Waals surface area contributed by atoms with Crippen molar-refractivity contribution in [1.82, 2.24) is 4.90 Å². The maximum absolute atomic E-state index is 13.1. The lowest BCUT2D eigenvalue weighted by Gasteiger charge is -2.28. The minimum Gasteiger partial charge on any atom is -0.464 e. The number of rotatable bonds is 9. The molecule has 0 aromatic heterocycles. The number of unbranched alkanes of at least 4 members (excludes halogenated alkanes) is 2. The van der Waals surface area contributed by atoms with Crippen LogP contribution in [0.25, 0.3) is 0 Å². The topological polar surface area (TPSA) is 58.6 Å². The molecule has 1 fully saturated rings. The van der Waals surface area contributed by atoms with Crippen LogP contribution in [-0.4, -0.2) is 40.7 Å². The predicted molar refractivity (Wildman–Crippen MR) is 117 cm³/mol. The first-order valence-electron chi connectivity index (χ1n) is 10.4. The summed E-state index contributed by atoms with van der Waals surface area (Å²) in [6, 6.07) is 7.12. The van der Waals surface area contributed by atoms with E-state index in [0.717, 1.165) is 37.8 Å². The first-order chi connectivity index (χ1) is 13.5. The second-order valence-corrected chi connectivity index (χ2v) is 8.93. The predicted octanol–water partition coefficient (Wildman–Crippen LogP) is 5.30. The largest absolute Gasteiger partial charge is 0.464 e. The SMILES string of the molecule is CCCCC[C@H]1SC[C@H](C(=O)OCC(C)C)N1C(=O)Nc1cccc(CC)c1. The van der Waals surface area contributed by atoms with Gasteiger partial charge in [-0.3, -0.25) is 4.90 Å². The van der Waals surface area contributed by atoms with E-state index in [4.69, 9.17) is 4.74 Å². The van der Waals surface area contributed by atoms with Crippen molar-refractivity contribution in [2.45, 2.75) is 71.2 Å². The van der Waals surface area contributed by atoms with Gasteiger partial charge < -0.3 is 10.1 Å². The summed E-state index contributed by atoms with van der Waals surface area (Å²) in [7, 11) is 0. The number of hydrogen-bond acceptors (Lipinski definition) is 4. The Morgan fingerprint density at radius 1 is 1.29 bits per heavy atom. The van der Waals surface area contributed by atoms with Gasteiger partial charge in [-0.25, -0.2) is 9.59 Å². The van der Waals surface area contributed by atoms with E-state index in [1.54, 1.807) is 16.7 Å². The van der Waals surface area contributed by atoms with Crippen molar-refractivity contribution in [3.8, 4) is 0 Å². The fourth-order valence-corrected chi connectivity index (χ4v) is 4.65. The Balaban J connectivity index is 2.12. The zero-order chi connectivity index (χ0) is 20.5. The van der Waals surface area contributed by atoms with Crippen LogP contribution in [0.5, 0.6) is 0 Å². The van der Waals surface area contributed by atoms with Crippen LogP contribution in [-0.2, 0) is 16.0 Å². The van der Waals surface area contributed by atoms with Gasteiger partial charge in [-0.05, 0) is 36.5 Å². The fourth-order valence-electron chi connectivity index (χ4n) is 3.21. The summed E-state index contributed by atoms with van der Waals surface area (Å²) in [5.74, 6) is 0.574. The van der Waals surface area contributed by atoms with Crippen molar-refractivity contribution in [1.29, 1.82) is 0 Å². The molecule has 2 rings (SSSR count). The fraction of sp³-hybridized carbons (Fsp3) is 0.636. The number of carbonyl (C=O) groups excluding carboxylic acids is 2. The molecule has 0 unspecified atom stereocenters. The molecule has 2 amide bonds. The summed E-state index contributed by atoms with van der Waals surface area (Å²) in [6.07, 6.45) is 5.12. The van der Waals surface area contributed by atoms with Crippen molar-refractivity contribution in [2.75, 3.05) is 17.7 Å². The minimum atomic E-state index is -0.523. The maximum atomic E-state index is 13.1. The molecule has 0 spiro atoms. The smallest absolute Gasteiger partial charge is 0.329 e. The average molecular weight is 407 g/mol. The van der Waals surface area contributed by atoms with Crippen molar-refractivity contribution >= 4 is 29.4 Å². The van der Waals surface area contributed by atoms with Crippen molar-refractivity contribution in [3.05, 3.63) is 29.8 Å². The van der Waals surface area contributed by atoms with Gasteiger partial charge >= 0.3 is 12.0 Å². The van der Waals surface area contributed by atoms with E-state index in [1.807, 2.05) is 38.1 Å². The third-order valence-electron chi connectivity index (χ3n) is 4.80. The van der Waals surface area contributed by atoms with Crippen LogP contribution in [0.3, 0.4) is 0 Å². The zero-order valence-corrected chi connectivity index (χ0v) is 18.4. The molecule has 1 saturated heterocycles. The highest BCUT2D eigenvalue weighted by Gasteiger charge is 2.42. The molecule has 1 aliphatic heterocycles. The Bertz CT molecular complexity index is 650. The van der Waals surface area contributed by atoms with Crippen molar-refractivity contribution in [2.24, 2.45) is 5.92 Å². The molecule has 0 aliphatic carbocycles. The highest BCUT2D eigenvalue weighted by atomic mass is 32.2. The average Bonchev–Trinajstić information content (AvgIpc) is 3.10. The number of ether oxygens (including phenoxy) is 1. The number of amides is 2. The van der Waals surface area contributed by atoms with E-state index in [2.05, 4.69) is 19.2 Å². The maximum Gasteiger partial charge on any atom is 0.329 e. The standard InChI is InChI=1S/C22H34N2O3S/c1-5-7-8-12-20-24(19(15-28-20)21(25)27-14-16(3)4)22(26)23-18-11-9-10-17(6-2)13-18/h9-11,13,16,19-20H,5-8,12,14-15H2,1-4H3,(H,23,26)/t19-,20-/m1/s1. The van der Waals surface area contributed by atoms with Crippen LogP contribution in [0.2, 0.25) is 0 Å². The van der Waals surface area contributed by atoms with E-state index in [-0.39, 0.29) is 23.3 Å². The summed E-state index contributed by atoms with van der Waals surface area (Å²) in [6.45, 7) is 8.65. The summed E-state index contributed by atoms with van der Waals surface area (Å²) >= 11 is 1.68. The molecule has 2 atom stereocenters. The number of hydrogen-bond donors (Lipinski definition) is 1. The summed E-state index contributed by atoms with van der Waals surface area (Å²) in [4.78, 5) is 27.4. The van der Waals surface area contributed by atoms with Gasteiger partial charge in [0.25, 0.3) is 0 Å². The Hall–Kier alpha value is -1.69. The lowest BCUT2D eigenvalue weighted by atomic mass is 10.1. The second-order valence-electron chi connectivity index (χ2n) is 7.71. The highest BCUT2D eigenvalue weighted by molar-refractivity contribution is 8.00. The molecule has 0 saturated carbocycles. The van der Waals surface area contributed by atoms with Crippen molar-refractivity contribution < 1.29 is 14.3 Å². The summed E-state index contributed by atoms with van der Waals surface area (Å²) in [5, 5.41) is 3.01. The van der Waals surface area contributed by atoms with E-state index in [9.17, 15) is 9.59 Å². The zero-order valence-electron chi connectivity index (χ0n) is 17.6. The molecular formula is C22H34N2O3S. The number of carbonyl (C=O) groups is 2. The molecule has 0 radical (unpaired) electrons. The van der Waals surface area contributed by atoms with Crippen LogP contribution >= 0.6 is 11.8 Å². The van der Waals surface area contributed by atoms with Crippen LogP contribution in [0.1, 0.15) is 58.9 Å². The van der Waals surface area contributed by atoms with Gasteiger partial charge in [-0.15, -0.1) is 11.8 Å². The third kappa shape index (κ3) is 6.43. The molecule has 1 aromatic carbocycles. The van der Waals surface area contributed by atoms with Crippen molar-refractivity contribution in [3.63, 3.8) is 0 Å². The molecule has 1 heterocycles. The van der Waals surface area contributed by atoms with Crippen LogP contribution in [0, 0.1) is 5.92 Å². The van der Waals surface area contributed by atoms with Crippen LogP contribution in [0.4, 0.5) is 10.5 Å². The number of nitrogens with zero attached hydrogens (tertiary/aromatic N) is 1. The molecule has 1 N–H and O–H groups in total. The molecule has 5 nitrogen and oxygen atoms in total. The number of esters is 1. The summed E-state index contributed by atoms with van der Waals surface area (Å²) < 4.78 is 5.45. The number of urea groups is 1. The Morgan fingerprint density at radius 3 is 2.75 bits per heavy atom. The summed E-state index contributed by atoms with van der Waals surface area (Å²) in [5.41, 5.74) is 1.93. The van der Waals surface area contributed by atoms with Gasteiger partial charge in [0.15, 0.2) is 0 Å². The van der Waals surface area contributed by atoms with E-state index in [0.29, 0.717) is 12.4 Å². The first kappa shape index (κ1) is 22.6. The van der Waals surface area contributed by atoms with Gasteiger partial charge in [0.2, 0.25) is 0 Å². The van der Waals surface area contributed by atoms with E-state index < -0.39 is 6.04 Å². The number of anilines is 1. The number of aryl methyl sites for hydroxylation is 1. The Kier molecular flexibility index (Phi) is 9.16. The normalized spacial score (nSPS) is 19.1. The Morgan fingerprint density at radius 2 is 2.07 bits per heavy atom.